The Kier molecular flexibility index (Phi) is 5.18. The fourth-order valence-corrected chi connectivity index (χ4v) is 3.98. The van der Waals surface area contributed by atoms with Crippen molar-refractivity contribution in [2.75, 3.05) is 23.9 Å². The third-order valence-corrected chi connectivity index (χ3v) is 5.41. The quantitative estimate of drug-likeness (QED) is 0.467. The van der Waals surface area contributed by atoms with Crippen molar-refractivity contribution in [1.29, 1.82) is 0 Å². The molecule has 0 aromatic carbocycles. The summed E-state index contributed by atoms with van der Waals surface area (Å²) in [6.07, 6.45) is 3.63. The number of aryl methyl sites for hydroxylation is 2. The zero-order chi connectivity index (χ0) is 22.1. The predicted molar refractivity (Wildman–Crippen MR) is 119 cm³/mol. The highest BCUT2D eigenvalue weighted by Gasteiger charge is 2.32. The summed E-state index contributed by atoms with van der Waals surface area (Å²) < 4.78 is 11.1. The Morgan fingerprint density at radius 2 is 2.09 bits per heavy atom. The molecular formula is C22H24N8O2. The van der Waals surface area contributed by atoms with Crippen molar-refractivity contribution < 1.29 is 9.26 Å². The number of H-pyrrole nitrogens is 1. The summed E-state index contributed by atoms with van der Waals surface area (Å²) in [7, 11) is 1.59. The van der Waals surface area contributed by atoms with Crippen LogP contribution in [0.3, 0.4) is 0 Å². The van der Waals surface area contributed by atoms with E-state index in [1.54, 1.807) is 13.3 Å². The number of hydrogen-bond acceptors (Lipinski definition) is 9. The molecule has 0 aliphatic carbocycles. The van der Waals surface area contributed by atoms with E-state index in [9.17, 15) is 0 Å². The Bertz CT molecular complexity index is 1230. The molecule has 0 radical (unpaired) electrons. The van der Waals surface area contributed by atoms with Gasteiger partial charge in [-0.3, -0.25) is 5.10 Å². The predicted octanol–water partition coefficient (Wildman–Crippen LogP) is 3.96. The van der Waals surface area contributed by atoms with E-state index in [1.165, 1.54) is 0 Å². The fourth-order valence-electron chi connectivity index (χ4n) is 3.98. The van der Waals surface area contributed by atoms with E-state index in [2.05, 4.69) is 35.5 Å². The molecule has 4 aromatic heterocycles. The van der Waals surface area contributed by atoms with Crippen LogP contribution < -0.4 is 15.0 Å². The van der Waals surface area contributed by atoms with Gasteiger partial charge in [-0.15, -0.1) is 0 Å². The van der Waals surface area contributed by atoms with Crippen LogP contribution in [0.25, 0.3) is 11.3 Å². The number of hydrogen-bond donors (Lipinski definition) is 2. The van der Waals surface area contributed by atoms with Crippen LogP contribution >= 0.6 is 0 Å². The summed E-state index contributed by atoms with van der Waals surface area (Å²) in [5, 5.41) is 14.7. The highest BCUT2D eigenvalue weighted by molar-refractivity contribution is 5.65. The minimum atomic E-state index is 0.00111. The zero-order valence-electron chi connectivity index (χ0n) is 18.2. The topological polar surface area (TPSA) is 118 Å². The third kappa shape index (κ3) is 3.86. The first-order chi connectivity index (χ1) is 15.6. The lowest BCUT2D eigenvalue weighted by molar-refractivity contribution is 0.361. The van der Waals surface area contributed by atoms with E-state index in [0.717, 1.165) is 47.9 Å². The van der Waals surface area contributed by atoms with E-state index >= 15 is 0 Å². The highest BCUT2D eigenvalue weighted by atomic mass is 16.5. The van der Waals surface area contributed by atoms with Gasteiger partial charge in [-0.05, 0) is 38.8 Å². The molecule has 0 saturated carbocycles. The van der Waals surface area contributed by atoms with Crippen LogP contribution in [0.2, 0.25) is 0 Å². The second-order valence-corrected chi connectivity index (χ2v) is 7.78. The van der Waals surface area contributed by atoms with E-state index in [1.807, 2.05) is 44.2 Å². The maximum Gasteiger partial charge on any atom is 0.228 e. The van der Waals surface area contributed by atoms with Gasteiger partial charge in [0.2, 0.25) is 11.8 Å². The lowest BCUT2D eigenvalue weighted by Gasteiger charge is -2.23. The maximum absolute atomic E-state index is 5.75. The van der Waals surface area contributed by atoms with Crippen LogP contribution in [0.4, 0.5) is 17.6 Å². The van der Waals surface area contributed by atoms with Crippen LogP contribution in [0, 0.1) is 13.8 Å². The Labute approximate surface area is 185 Å². The average Bonchev–Trinajstić information content (AvgIpc) is 3.54. The number of rotatable bonds is 6. The molecule has 2 N–H and O–H groups in total. The van der Waals surface area contributed by atoms with Crippen LogP contribution in [-0.4, -0.2) is 44.0 Å². The molecular weight excluding hydrogens is 408 g/mol. The fraction of sp³-hybridized carbons (Fsp3) is 0.318. The van der Waals surface area contributed by atoms with Crippen LogP contribution in [0.5, 0.6) is 5.88 Å². The summed E-state index contributed by atoms with van der Waals surface area (Å²) >= 11 is 0. The molecule has 10 nitrogen and oxygen atoms in total. The molecule has 10 heteroatoms. The van der Waals surface area contributed by atoms with E-state index in [0.29, 0.717) is 23.3 Å². The number of anilines is 3. The van der Waals surface area contributed by atoms with Gasteiger partial charge in [0.25, 0.3) is 0 Å². The Hall–Kier alpha value is -3.95. The SMILES string of the molecule is COc1ncccc1-c1cc(C2CCCN2c2nc(C)cc(Nc3cc(C)[nH]n3)n2)on1. The Morgan fingerprint density at radius 3 is 2.91 bits per heavy atom. The summed E-state index contributed by atoms with van der Waals surface area (Å²) in [6.45, 7) is 4.75. The van der Waals surface area contributed by atoms with Crippen molar-refractivity contribution in [2.24, 2.45) is 0 Å². The molecule has 5 rings (SSSR count). The number of pyridine rings is 1. The van der Waals surface area contributed by atoms with Gasteiger partial charge in [-0.1, -0.05) is 5.16 Å². The van der Waals surface area contributed by atoms with Crippen molar-refractivity contribution in [3.05, 3.63) is 53.7 Å². The highest BCUT2D eigenvalue weighted by Crippen LogP contribution is 2.37. The minimum absolute atomic E-state index is 0.00111. The molecule has 164 valence electrons. The van der Waals surface area contributed by atoms with Gasteiger partial charge in [0.1, 0.15) is 11.5 Å². The molecule has 1 fully saturated rings. The van der Waals surface area contributed by atoms with Crippen molar-refractivity contribution in [3.8, 4) is 17.1 Å². The van der Waals surface area contributed by atoms with Crippen LogP contribution in [0.1, 0.15) is 36.0 Å². The second kappa shape index (κ2) is 8.29. The number of aromatic nitrogens is 6. The van der Waals surface area contributed by atoms with Gasteiger partial charge in [0.05, 0.1) is 18.7 Å². The lowest BCUT2D eigenvalue weighted by Crippen LogP contribution is -2.25. The first-order valence-electron chi connectivity index (χ1n) is 10.5. The number of methoxy groups -OCH3 is 1. The van der Waals surface area contributed by atoms with E-state index in [-0.39, 0.29) is 6.04 Å². The third-order valence-electron chi connectivity index (χ3n) is 5.41. The minimum Gasteiger partial charge on any atom is -0.481 e. The van der Waals surface area contributed by atoms with Crippen LogP contribution in [0.15, 0.2) is 41.1 Å². The molecule has 1 aliphatic heterocycles. The molecule has 1 aliphatic rings. The van der Waals surface area contributed by atoms with E-state index < -0.39 is 0 Å². The number of ether oxygens (including phenoxy) is 1. The van der Waals surface area contributed by atoms with Crippen molar-refractivity contribution in [3.63, 3.8) is 0 Å². The van der Waals surface area contributed by atoms with Gasteiger partial charge in [-0.25, -0.2) is 9.97 Å². The molecule has 5 heterocycles. The van der Waals surface area contributed by atoms with Gasteiger partial charge >= 0.3 is 0 Å². The first-order valence-corrected chi connectivity index (χ1v) is 10.5. The summed E-state index contributed by atoms with van der Waals surface area (Å²) in [5.74, 6) is 3.35. The van der Waals surface area contributed by atoms with Crippen molar-refractivity contribution in [1.82, 2.24) is 30.3 Å². The number of nitrogens with one attached hydrogen (secondary N) is 2. The number of nitrogens with zero attached hydrogens (tertiary/aromatic N) is 6. The molecule has 1 unspecified atom stereocenters. The maximum atomic E-state index is 5.75. The van der Waals surface area contributed by atoms with Crippen molar-refractivity contribution in [2.45, 2.75) is 32.7 Å². The molecule has 0 spiro atoms. The summed E-state index contributed by atoms with van der Waals surface area (Å²) in [6, 6.07) is 9.55. The Morgan fingerprint density at radius 1 is 1.19 bits per heavy atom. The van der Waals surface area contributed by atoms with Gasteiger partial charge < -0.3 is 19.5 Å². The smallest absolute Gasteiger partial charge is 0.228 e. The van der Waals surface area contributed by atoms with Crippen LogP contribution in [-0.2, 0) is 0 Å². The first kappa shape index (κ1) is 20.0. The monoisotopic (exact) mass is 432 g/mol. The average molecular weight is 432 g/mol. The molecule has 32 heavy (non-hydrogen) atoms. The Balaban J connectivity index is 1.42. The molecule has 0 amide bonds. The molecule has 1 atom stereocenters. The van der Waals surface area contributed by atoms with Crippen molar-refractivity contribution >= 4 is 17.6 Å². The molecule has 1 saturated heterocycles. The molecule has 4 aromatic rings. The lowest BCUT2D eigenvalue weighted by atomic mass is 10.1. The van der Waals surface area contributed by atoms with E-state index in [4.69, 9.17) is 14.2 Å². The largest absolute Gasteiger partial charge is 0.481 e. The van der Waals surface area contributed by atoms with Gasteiger partial charge in [0, 0.05) is 42.3 Å². The normalized spacial score (nSPS) is 15.8. The number of aromatic amines is 1. The summed E-state index contributed by atoms with van der Waals surface area (Å²) in [4.78, 5) is 15.8. The molecule has 0 bridgehead atoms. The van der Waals surface area contributed by atoms with Gasteiger partial charge in [0.15, 0.2) is 11.6 Å². The second-order valence-electron chi connectivity index (χ2n) is 7.78. The van der Waals surface area contributed by atoms with Gasteiger partial charge in [-0.2, -0.15) is 10.1 Å². The summed E-state index contributed by atoms with van der Waals surface area (Å²) in [5.41, 5.74) is 3.33. The standard InChI is InChI=1S/C22H24N8O2/c1-13-10-19(25-20-11-14(2)27-28-20)26-22(24-13)30-9-5-7-17(30)18-12-16(29-32-18)15-6-4-8-23-21(15)31-3/h4,6,8,10-12,17H,5,7,9H2,1-3H3,(H2,24,25,26,27,28). The zero-order valence-corrected chi connectivity index (χ0v) is 18.2.